The Morgan fingerprint density at radius 1 is 0.394 bits per heavy atom. The second-order valence-electron chi connectivity index (χ2n) is 22.1. The summed E-state index contributed by atoms with van der Waals surface area (Å²) in [6.07, 6.45) is 74.8. The zero-order valence-corrected chi connectivity index (χ0v) is 48.0. The Kier molecular flexibility index (Phi) is 59.5. The number of hydrogen-bond acceptors (Lipinski definition) is 5. The van der Waals surface area contributed by atoms with Crippen molar-refractivity contribution in [2.75, 3.05) is 13.2 Å². The third-order valence-corrected chi connectivity index (χ3v) is 15.0. The first-order valence-corrected chi connectivity index (χ1v) is 32.1. The van der Waals surface area contributed by atoms with Gasteiger partial charge < -0.3 is 20.3 Å². The van der Waals surface area contributed by atoms with Crippen LogP contribution in [0, 0.1) is 0 Å². The molecule has 0 saturated heterocycles. The summed E-state index contributed by atoms with van der Waals surface area (Å²) in [6.45, 7) is 4.91. The predicted molar refractivity (Wildman–Crippen MR) is 310 cm³/mol. The van der Waals surface area contributed by atoms with Crippen LogP contribution in [-0.2, 0) is 14.3 Å². The van der Waals surface area contributed by atoms with E-state index in [4.69, 9.17) is 4.74 Å². The van der Waals surface area contributed by atoms with Crippen molar-refractivity contribution in [3.8, 4) is 0 Å². The Morgan fingerprint density at radius 3 is 1.13 bits per heavy atom. The highest BCUT2D eigenvalue weighted by Gasteiger charge is 2.20. The minimum Gasteiger partial charge on any atom is -0.466 e. The third kappa shape index (κ3) is 57.5. The molecule has 0 aromatic carbocycles. The van der Waals surface area contributed by atoms with Gasteiger partial charge in [-0.3, -0.25) is 9.59 Å². The van der Waals surface area contributed by atoms with E-state index < -0.39 is 12.1 Å². The van der Waals surface area contributed by atoms with E-state index >= 15 is 0 Å². The summed E-state index contributed by atoms with van der Waals surface area (Å²) in [4.78, 5) is 24.5. The maximum atomic E-state index is 12.5. The zero-order valence-electron chi connectivity index (χ0n) is 48.0. The molecule has 0 fully saturated rings. The molecule has 0 bridgehead atoms. The molecule has 0 saturated carbocycles. The highest BCUT2D eigenvalue weighted by molar-refractivity contribution is 5.76. The Hall–Kier alpha value is -1.66. The van der Waals surface area contributed by atoms with Gasteiger partial charge in [0.1, 0.15) is 0 Å². The van der Waals surface area contributed by atoms with E-state index in [-0.39, 0.29) is 18.5 Å². The number of hydrogen-bond donors (Lipinski definition) is 3. The summed E-state index contributed by atoms with van der Waals surface area (Å²) in [6, 6.07) is -0.541. The molecule has 3 N–H and O–H groups in total. The molecule has 2 unspecified atom stereocenters. The number of esters is 1. The number of rotatable bonds is 60. The summed E-state index contributed by atoms with van der Waals surface area (Å²) in [5, 5.41) is 23.3. The molecule has 71 heavy (non-hydrogen) atoms. The molecule has 0 heterocycles. The number of allylic oxidation sites excluding steroid dienone is 4. The molecule has 420 valence electrons. The van der Waals surface area contributed by atoms with Crippen molar-refractivity contribution in [3.05, 3.63) is 24.3 Å². The molecule has 0 radical (unpaired) electrons. The van der Waals surface area contributed by atoms with Gasteiger partial charge in [0.25, 0.3) is 0 Å². The molecule has 0 aliphatic carbocycles. The molecule has 0 aliphatic rings. The van der Waals surface area contributed by atoms with E-state index in [2.05, 4.69) is 43.5 Å². The van der Waals surface area contributed by atoms with Gasteiger partial charge in [-0.2, -0.15) is 0 Å². The normalized spacial score (nSPS) is 12.7. The summed E-state index contributed by atoms with van der Waals surface area (Å²) >= 11 is 0. The highest BCUT2D eigenvalue weighted by Crippen LogP contribution is 2.18. The quantitative estimate of drug-likeness (QED) is 0.0320. The van der Waals surface area contributed by atoms with Crippen LogP contribution in [0.25, 0.3) is 0 Å². The Balaban J connectivity index is 3.37. The van der Waals surface area contributed by atoms with E-state index in [0.29, 0.717) is 25.9 Å². The smallest absolute Gasteiger partial charge is 0.305 e. The minimum absolute atomic E-state index is 0.000534. The number of carbonyl (C=O) groups excluding carboxylic acids is 2. The van der Waals surface area contributed by atoms with Crippen molar-refractivity contribution < 1.29 is 24.5 Å². The van der Waals surface area contributed by atoms with Crippen LogP contribution >= 0.6 is 0 Å². The first kappa shape index (κ1) is 69.3. The second kappa shape index (κ2) is 60.9. The molecule has 0 aliphatic heterocycles. The first-order chi connectivity index (χ1) is 35.0. The second-order valence-corrected chi connectivity index (χ2v) is 22.1. The van der Waals surface area contributed by atoms with Crippen LogP contribution in [0.2, 0.25) is 0 Å². The summed E-state index contributed by atoms with van der Waals surface area (Å²) in [5.41, 5.74) is 0. The average molecular weight is 1000 g/mol. The lowest BCUT2D eigenvalue weighted by molar-refractivity contribution is -0.143. The molecule has 6 nitrogen and oxygen atoms in total. The van der Waals surface area contributed by atoms with Crippen molar-refractivity contribution >= 4 is 11.9 Å². The largest absolute Gasteiger partial charge is 0.466 e. The number of aliphatic hydroxyl groups excluding tert-OH is 2. The topological polar surface area (TPSA) is 95.9 Å². The van der Waals surface area contributed by atoms with E-state index in [1.807, 2.05) is 0 Å². The van der Waals surface area contributed by atoms with Crippen molar-refractivity contribution in [2.24, 2.45) is 0 Å². The number of amides is 1. The number of nitrogens with one attached hydrogen (secondary N) is 1. The number of ether oxygens (including phenoxy) is 1. The summed E-state index contributed by atoms with van der Waals surface area (Å²) in [5.74, 6) is -0.0305. The van der Waals surface area contributed by atoms with Crippen LogP contribution in [0.5, 0.6) is 0 Å². The molecular weight excluding hydrogens is 875 g/mol. The molecule has 0 aromatic heterocycles. The fourth-order valence-corrected chi connectivity index (χ4v) is 10.1. The summed E-state index contributed by atoms with van der Waals surface area (Å²) in [7, 11) is 0. The monoisotopic (exact) mass is 1000 g/mol. The summed E-state index contributed by atoms with van der Waals surface area (Å²) < 4.78 is 5.47. The van der Waals surface area contributed by atoms with Crippen LogP contribution in [0.4, 0.5) is 0 Å². The Bertz CT molecular complexity index is 1110. The molecule has 2 atom stereocenters. The van der Waals surface area contributed by atoms with Crippen molar-refractivity contribution in [3.63, 3.8) is 0 Å². The van der Waals surface area contributed by atoms with Gasteiger partial charge in [0.2, 0.25) is 5.91 Å². The molecule has 6 heteroatoms. The van der Waals surface area contributed by atoms with Crippen LogP contribution in [0.15, 0.2) is 24.3 Å². The Morgan fingerprint density at radius 2 is 0.732 bits per heavy atom. The van der Waals surface area contributed by atoms with E-state index in [1.165, 1.54) is 270 Å². The van der Waals surface area contributed by atoms with Gasteiger partial charge in [-0.1, -0.05) is 314 Å². The number of unbranched alkanes of at least 4 members (excludes halogenated alkanes) is 45. The first-order valence-electron chi connectivity index (χ1n) is 32.1. The molecular formula is C65H125NO5. The van der Waals surface area contributed by atoms with Crippen LogP contribution in [-0.4, -0.2) is 47.4 Å². The zero-order chi connectivity index (χ0) is 51.4. The van der Waals surface area contributed by atoms with Crippen molar-refractivity contribution in [1.82, 2.24) is 5.32 Å². The fraction of sp³-hybridized carbons (Fsp3) is 0.908. The lowest BCUT2D eigenvalue weighted by atomic mass is 10.0. The average Bonchev–Trinajstić information content (AvgIpc) is 3.37. The minimum atomic E-state index is -0.663. The third-order valence-electron chi connectivity index (χ3n) is 15.0. The number of aliphatic hydroxyl groups is 2. The molecule has 0 spiro atoms. The molecule has 0 rings (SSSR count). The standard InChI is InChI=1S/C65H125NO5/c1-3-5-7-9-11-13-15-17-18-27-30-34-37-41-45-49-53-57-63(68)62(61-67)66-64(69)58-54-50-46-42-38-35-31-28-25-23-21-19-20-22-24-26-29-32-36-40-44-48-52-56-60-71-65(70)59-55-51-47-43-39-33-16-14-12-10-8-6-4-2/h8,10,14,16,62-63,67-68H,3-7,9,11-13,15,17-61H2,1-2H3,(H,66,69)/b10-8-,16-14-. The van der Waals surface area contributed by atoms with E-state index in [0.717, 1.165) is 51.4 Å². The number of carbonyl (C=O) groups is 2. The van der Waals surface area contributed by atoms with Gasteiger partial charge in [-0.05, 0) is 51.4 Å². The van der Waals surface area contributed by atoms with Crippen molar-refractivity contribution in [2.45, 2.75) is 366 Å². The molecule has 1 amide bonds. The van der Waals surface area contributed by atoms with E-state index in [1.54, 1.807) is 0 Å². The highest BCUT2D eigenvalue weighted by atomic mass is 16.5. The SMILES string of the molecule is CCC/C=C\C/C=C\CCCCCCCC(=O)OCCCCCCCCCCCCCCCCCCCCCCCCCCC(=O)NC(CO)C(O)CCCCCCCCCCCCCCCCCCC. The maximum Gasteiger partial charge on any atom is 0.305 e. The molecule has 0 aromatic rings. The van der Waals surface area contributed by atoms with Gasteiger partial charge in [0.15, 0.2) is 0 Å². The predicted octanol–water partition coefficient (Wildman–Crippen LogP) is 20.2. The lowest BCUT2D eigenvalue weighted by Gasteiger charge is -2.22. The van der Waals surface area contributed by atoms with Crippen LogP contribution < -0.4 is 5.32 Å². The van der Waals surface area contributed by atoms with Crippen LogP contribution in [0.3, 0.4) is 0 Å². The fourth-order valence-electron chi connectivity index (χ4n) is 10.1. The van der Waals surface area contributed by atoms with Crippen molar-refractivity contribution in [1.29, 1.82) is 0 Å². The van der Waals surface area contributed by atoms with E-state index in [9.17, 15) is 19.8 Å². The Labute approximate surface area is 443 Å². The van der Waals surface area contributed by atoms with Gasteiger partial charge in [0, 0.05) is 12.8 Å². The van der Waals surface area contributed by atoms with Gasteiger partial charge >= 0.3 is 5.97 Å². The van der Waals surface area contributed by atoms with Gasteiger partial charge in [0.05, 0.1) is 25.4 Å². The van der Waals surface area contributed by atoms with Gasteiger partial charge in [-0.15, -0.1) is 0 Å². The maximum absolute atomic E-state index is 12.5. The van der Waals surface area contributed by atoms with Gasteiger partial charge in [-0.25, -0.2) is 0 Å². The lowest BCUT2D eigenvalue weighted by Crippen LogP contribution is -2.45. The van der Waals surface area contributed by atoms with Crippen LogP contribution in [0.1, 0.15) is 354 Å².